The van der Waals surface area contributed by atoms with Gasteiger partial charge >= 0.3 is 0 Å². The van der Waals surface area contributed by atoms with Crippen LogP contribution in [0.15, 0.2) is 60.7 Å². The number of imide groups is 1. The van der Waals surface area contributed by atoms with Crippen molar-refractivity contribution in [2.24, 2.45) is 0 Å². The highest BCUT2D eigenvalue weighted by molar-refractivity contribution is 8.15. The van der Waals surface area contributed by atoms with Crippen LogP contribution in [0, 0.1) is 0 Å². The molecule has 1 fully saturated rings. The Morgan fingerprint density at radius 3 is 2.23 bits per heavy atom. The van der Waals surface area contributed by atoms with Crippen LogP contribution in [0.1, 0.15) is 16.8 Å². The Labute approximate surface area is 154 Å². The predicted molar refractivity (Wildman–Crippen MR) is 98.9 cm³/mol. The predicted octanol–water partition coefficient (Wildman–Crippen LogP) is 2.96. The monoisotopic (exact) mass is 368 g/mol. The maximum Gasteiger partial charge on any atom is 0.289 e. The van der Waals surface area contributed by atoms with E-state index in [-0.39, 0.29) is 24.7 Å². The molecule has 7 heteroatoms. The highest BCUT2D eigenvalue weighted by atomic mass is 32.2. The zero-order valence-corrected chi connectivity index (χ0v) is 14.6. The second-order valence-electron chi connectivity index (χ2n) is 5.70. The molecule has 0 bridgehead atoms. The number of hydrogen-bond donors (Lipinski definition) is 1. The summed E-state index contributed by atoms with van der Waals surface area (Å²) >= 11 is 0.782. The van der Waals surface area contributed by atoms with Crippen molar-refractivity contribution in [3.8, 4) is 0 Å². The zero-order chi connectivity index (χ0) is 18.5. The first-order chi connectivity index (χ1) is 12.5. The van der Waals surface area contributed by atoms with Crippen molar-refractivity contribution in [2.45, 2.75) is 11.7 Å². The summed E-state index contributed by atoms with van der Waals surface area (Å²) in [5.74, 6) is -1.18. The Balaban J connectivity index is 1.60. The number of rotatable bonds is 6. The molecule has 1 unspecified atom stereocenters. The first-order valence-electron chi connectivity index (χ1n) is 8.00. The molecule has 2 aromatic carbocycles. The number of carbonyl (C=O) groups excluding carboxylic acids is 4. The molecule has 0 aromatic heterocycles. The average Bonchev–Trinajstić information content (AvgIpc) is 2.90. The fourth-order valence-electron chi connectivity index (χ4n) is 2.53. The third-order valence-electron chi connectivity index (χ3n) is 3.83. The second-order valence-corrected chi connectivity index (χ2v) is 6.86. The Morgan fingerprint density at radius 1 is 0.962 bits per heavy atom. The van der Waals surface area contributed by atoms with E-state index in [4.69, 9.17) is 0 Å². The standard InChI is InChI=1S/C19H16N2O4S/c22-15(13-7-3-1-4-8-13)12-21-18(24)16(26-19(21)25)11-17(23)20-14-9-5-2-6-10-14/h1-10,16H,11-12H2,(H,20,23). The van der Waals surface area contributed by atoms with Crippen LogP contribution in [0.25, 0.3) is 0 Å². The number of nitrogens with one attached hydrogen (secondary N) is 1. The number of para-hydroxylation sites is 1. The minimum atomic E-state index is -0.810. The van der Waals surface area contributed by atoms with Crippen LogP contribution in [0.2, 0.25) is 0 Å². The zero-order valence-electron chi connectivity index (χ0n) is 13.8. The van der Waals surface area contributed by atoms with Crippen LogP contribution >= 0.6 is 11.8 Å². The molecule has 0 spiro atoms. The van der Waals surface area contributed by atoms with E-state index in [9.17, 15) is 19.2 Å². The lowest BCUT2D eigenvalue weighted by Gasteiger charge is -2.13. The van der Waals surface area contributed by atoms with Crippen LogP contribution in [-0.2, 0) is 9.59 Å². The van der Waals surface area contributed by atoms with Gasteiger partial charge in [0.15, 0.2) is 5.78 Å². The van der Waals surface area contributed by atoms with Crippen LogP contribution in [0.5, 0.6) is 0 Å². The first kappa shape index (κ1) is 17.9. The lowest BCUT2D eigenvalue weighted by Crippen LogP contribution is -2.36. The minimum absolute atomic E-state index is 0.125. The van der Waals surface area contributed by atoms with Crippen LogP contribution in [0.3, 0.4) is 0 Å². The number of Topliss-reactive ketones (excluding diaryl/α,β-unsaturated/α-hetero) is 1. The van der Waals surface area contributed by atoms with E-state index in [2.05, 4.69) is 5.32 Å². The molecule has 0 radical (unpaired) electrons. The quantitative estimate of drug-likeness (QED) is 0.793. The molecule has 3 amide bonds. The largest absolute Gasteiger partial charge is 0.326 e. The molecule has 1 N–H and O–H groups in total. The number of hydrogen-bond acceptors (Lipinski definition) is 5. The fraction of sp³-hybridized carbons (Fsp3) is 0.158. The number of anilines is 1. The van der Waals surface area contributed by atoms with E-state index < -0.39 is 16.4 Å². The Kier molecular flexibility index (Phi) is 5.48. The molecular formula is C19H16N2O4S. The lowest BCUT2D eigenvalue weighted by molar-refractivity contribution is -0.128. The third kappa shape index (κ3) is 4.18. The van der Waals surface area contributed by atoms with Crippen molar-refractivity contribution in [1.82, 2.24) is 4.90 Å². The van der Waals surface area contributed by atoms with Crippen LogP contribution in [0.4, 0.5) is 10.5 Å². The Bertz CT molecular complexity index is 839. The van der Waals surface area contributed by atoms with Gasteiger partial charge in [0, 0.05) is 17.7 Å². The molecule has 0 saturated carbocycles. The molecule has 1 atom stereocenters. The molecule has 1 aliphatic rings. The van der Waals surface area contributed by atoms with Crippen molar-refractivity contribution in [3.63, 3.8) is 0 Å². The summed E-state index contributed by atoms with van der Waals surface area (Å²) in [6, 6.07) is 17.3. The molecule has 0 aliphatic carbocycles. The number of benzene rings is 2. The van der Waals surface area contributed by atoms with E-state index in [0.29, 0.717) is 11.3 Å². The highest BCUT2D eigenvalue weighted by Crippen LogP contribution is 2.29. The van der Waals surface area contributed by atoms with E-state index in [1.807, 2.05) is 6.07 Å². The molecule has 2 aromatic rings. The molecule has 26 heavy (non-hydrogen) atoms. The van der Waals surface area contributed by atoms with Gasteiger partial charge in [-0.3, -0.25) is 24.1 Å². The van der Waals surface area contributed by atoms with Gasteiger partial charge in [-0.2, -0.15) is 0 Å². The lowest BCUT2D eigenvalue weighted by atomic mass is 10.1. The SMILES string of the molecule is O=C(CC1SC(=O)N(CC(=O)c2ccccc2)C1=O)Nc1ccccc1. The number of carbonyl (C=O) groups is 4. The van der Waals surface area contributed by atoms with E-state index in [1.54, 1.807) is 54.6 Å². The molecular weight excluding hydrogens is 352 g/mol. The molecule has 1 aliphatic heterocycles. The van der Waals surface area contributed by atoms with Crippen LogP contribution < -0.4 is 5.32 Å². The first-order valence-corrected chi connectivity index (χ1v) is 8.87. The smallest absolute Gasteiger partial charge is 0.289 e. The van der Waals surface area contributed by atoms with Crippen molar-refractivity contribution >= 4 is 40.3 Å². The summed E-state index contributed by atoms with van der Waals surface area (Å²) in [6.45, 7) is -0.314. The number of amides is 3. The van der Waals surface area contributed by atoms with Gasteiger partial charge in [-0.25, -0.2) is 0 Å². The molecule has 1 saturated heterocycles. The number of nitrogens with zero attached hydrogens (tertiary/aromatic N) is 1. The summed E-state index contributed by atoms with van der Waals surface area (Å²) in [4.78, 5) is 49.8. The van der Waals surface area contributed by atoms with Gasteiger partial charge in [0.1, 0.15) is 5.25 Å². The molecule has 6 nitrogen and oxygen atoms in total. The fourth-order valence-corrected chi connectivity index (χ4v) is 3.52. The van der Waals surface area contributed by atoms with Crippen molar-refractivity contribution in [2.75, 3.05) is 11.9 Å². The normalized spacial score (nSPS) is 16.6. The third-order valence-corrected chi connectivity index (χ3v) is 4.91. The maximum absolute atomic E-state index is 12.4. The van der Waals surface area contributed by atoms with Gasteiger partial charge in [0.2, 0.25) is 11.8 Å². The second kappa shape index (κ2) is 7.97. The van der Waals surface area contributed by atoms with E-state index in [1.165, 1.54) is 0 Å². The van der Waals surface area contributed by atoms with Crippen molar-refractivity contribution in [1.29, 1.82) is 0 Å². The summed E-state index contributed by atoms with van der Waals surface area (Å²) in [5.41, 5.74) is 1.05. The van der Waals surface area contributed by atoms with E-state index in [0.717, 1.165) is 16.7 Å². The van der Waals surface area contributed by atoms with Gasteiger partial charge in [-0.05, 0) is 12.1 Å². The Hall–Kier alpha value is -2.93. The van der Waals surface area contributed by atoms with Gasteiger partial charge in [-0.15, -0.1) is 0 Å². The average molecular weight is 368 g/mol. The number of thioether (sulfide) groups is 1. The molecule has 1 heterocycles. The van der Waals surface area contributed by atoms with E-state index >= 15 is 0 Å². The maximum atomic E-state index is 12.4. The molecule has 3 rings (SSSR count). The van der Waals surface area contributed by atoms with Crippen LogP contribution in [-0.4, -0.2) is 39.5 Å². The highest BCUT2D eigenvalue weighted by Gasteiger charge is 2.41. The summed E-state index contributed by atoms with van der Waals surface area (Å²) in [5, 5.41) is 1.37. The summed E-state index contributed by atoms with van der Waals surface area (Å²) in [7, 11) is 0. The van der Waals surface area contributed by atoms with Crippen molar-refractivity contribution < 1.29 is 19.2 Å². The minimum Gasteiger partial charge on any atom is -0.326 e. The summed E-state index contributed by atoms with van der Waals surface area (Å²) < 4.78 is 0. The topological polar surface area (TPSA) is 83.6 Å². The number of ketones is 1. The van der Waals surface area contributed by atoms with Gasteiger partial charge < -0.3 is 5.32 Å². The molecule has 132 valence electrons. The van der Waals surface area contributed by atoms with Gasteiger partial charge in [0.05, 0.1) is 6.54 Å². The summed E-state index contributed by atoms with van der Waals surface area (Å²) in [6.07, 6.45) is -0.125. The van der Waals surface area contributed by atoms with Crippen molar-refractivity contribution in [3.05, 3.63) is 66.2 Å². The van der Waals surface area contributed by atoms with Gasteiger partial charge in [0.25, 0.3) is 5.24 Å². The van der Waals surface area contributed by atoms with Gasteiger partial charge in [-0.1, -0.05) is 60.3 Å². The Morgan fingerprint density at radius 2 is 1.58 bits per heavy atom.